The highest BCUT2D eigenvalue weighted by molar-refractivity contribution is 7.89. The van der Waals surface area contributed by atoms with Gasteiger partial charge in [-0.25, -0.2) is 12.7 Å². The number of benzene rings is 1. The largest absolute Gasteiger partial charge is 0.347 e. The average molecular weight is 375 g/mol. The molecule has 0 bridgehead atoms. The van der Waals surface area contributed by atoms with E-state index in [1.807, 2.05) is 32.9 Å². The third kappa shape index (κ3) is 5.37. The lowest BCUT2D eigenvalue weighted by Gasteiger charge is -2.21. The van der Waals surface area contributed by atoms with Crippen LogP contribution >= 0.6 is 0 Å². The Kier molecular flexibility index (Phi) is 6.15. The summed E-state index contributed by atoms with van der Waals surface area (Å²) >= 11 is 0. The number of hydrogen-bond donors (Lipinski definition) is 1. The van der Waals surface area contributed by atoms with Crippen LogP contribution in [0.5, 0.6) is 0 Å². The van der Waals surface area contributed by atoms with Crippen LogP contribution in [-0.4, -0.2) is 42.7 Å². The molecule has 0 spiro atoms. The first-order valence-corrected chi connectivity index (χ1v) is 9.81. The molecule has 2 aromatic rings. The zero-order valence-corrected chi connectivity index (χ0v) is 16.4. The second-order valence-corrected chi connectivity index (χ2v) is 9.21. The fraction of sp³-hybridized carbons (Fsp3) is 0.368. The van der Waals surface area contributed by atoms with Crippen molar-refractivity contribution in [3.05, 3.63) is 59.9 Å². The predicted molar refractivity (Wildman–Crippen MR) is 101 cm³/mol. The molecule has 1 aromatic carbocycles. The first-order valence-electron chi connectivity index (χ1n) is 8.37. The maximum Gasteiger partial charge on any atom is 0.251 e. The molecule has 0 atom stereocenters. The van der Waals surface area contributed by atoms with Gasteiger partial charge in [-0.1, -0.05) is 0 Å². The first-order chi connectivity index (χ1) is 12.1. The Hall–Kier alpha value is -2.25. The van der Waals surface area contributed by atoms with Crippen LogP contribution in [0.2, 0.25) is 0 Å². The SMILES string of the molecule is CN(CCc1ccncc1)S(=O)(=O)c1ccc(C(=O)NC(C)(C)C)cc1. The van der Waals surface area contributed by atoms with Crippen LogP contribution in [-0.2, 0) is 16.4 Å². The van der Waals surface area contributed by atoms with Gasteiger partial charge in [-0.2, -0.15) is 0 Å². The van der Waals surface area contributed by atoms with Gasteiger partial charge < -0.3 is 5.32 Å². The van der Waals surface area contributed by atoms with E-state index < -0.39 is 10.0 Å². The molecule has 0 saturated carbocycles. The number of hydrogen-bond acceptors (Lipinski definition) is 4. The highest BCUT2D eigenvalue weighted by Crippen LogP contribution is 2.16. The molecule has 1 heterocycles. The standard InChI is InChI=1S/C19H25N3O3S/c1-19(2,3)21-18(23)16-5-7-17(8-6-16)26(24,25)22(4)14-11-15-9-12-20-13-10-15/h5-10,12-13H,11,14H2,1-4H3,(H,21,23). The molecule has 2 rings (SSSR count). The molecule has 0 aliphatic rings. The normalized spacial score (nSPS) is 12.2. The zero-order chi connectivity index (χ0) is 19.4. The molecule has 1 N–H and O–H groups in total. The van der Waals surface area contributed by atoms with Gasteiger partial charge in [0.15, 0.2) is 0 Å². The molecule has 1 amide bonds. The van der Waals surface area contributed by atoms with E-state index in [9.17, 15) is 13.2 Å². The van der Waals surface area contributed by atoms with Crippen molar-refractivity contribution >= 4 is 15.9 Å². The number of carbonyl (C=O) groups is 1. The van der Waals surface area contributed by atoms with E-state index in [1.54, 1.807) is 19.4 Å². The lowest BCUT2D eigenvalue weighted by molar-refractivity contribution is 0.0919. The monoisotopic (exact) mass is 375 g/mol. The maximum atomic E-state index is 12.7. The van der Waals surface area contributed by atoms with Crippen LogP contribution in [0.25, 0.3) is 0 Å². The Morgan fingerprint density at radius 2 is 1.65 bits per heavy atom. The van der Waals surface area contributed by atoms with Crippen molar-refractivity contribution in [2.75, 3.05) is 13.6 Å². The minimum atomic E-state index is -3.60. The summed E-state index contributed by atoms with van der Waals surface area (Å²) in [4.78, 5) is 16.3. The molecule has 0 aliphatic heterocycles. The molecular weight excluding hydrogens is 350 g/mol. The number of aromatic nitrogens is 1. The molecule has 0 unspecified atom stereocenters. The van der Waals surface area contributed by atoms with Crippen molar-refractivity contribution in [3.63, 3.8) is 0 Å². The van der Waals surface area contributed by atoms with Crippen molar-refractivity contribution in [2.24, 2.45) is 0 Å². The topological polar surface area (TPSA) is 79.4 Å². The van der Waals surface area contributed by atoms with Crippen molar-refractivity contribution in [2.45, 2.75) is 37.6 Å². The van der Waals surface area contributed by atoms with Crippen LogP contribution < -0.4 is 5.32 Å². The van der Waals surface area contributed by atoms with Crippen LogP contribution in [0.15, 0.2) is 53.7 Å². The number of likely N-dealkylation sites (N-methyl/N-ethyl adjacent to an activating group) is 1. The van der Waals surface area contributed by atoms with Crippen molar-refractivity contribution < 1.29 is 13.2 Å². The Balaban J connectivity index is 2.07. The molecule has 26 heavy (non-hydrogen) atoms. The summed E-state index contributed by atoms with van der Waals surface area (Å²) in [7, 11) is -2.05. The summed E-state index contributed by atoms with van der Waals surface area (Å²) < 4.78 is 26.7. The molecule has 0 fully saturated rings. The highest BCUT2D eigenvalue weighted by atomic mass is 32.2. The van der Waals surface area contributed by atoms with E-state index in [4.69, 9.17) is 0 Å². The fourth-order valence-electron chi connectivity index (χ4n) is 2.33. The third-order valence-corrected chi connectivity index (χ3v) is 5.65. The second-order valence-electron chi connectivity index (χ2n) is 7.16. The smallest absolute Gasteiger partial charge is 0.251 e. The van der Waals surface area contributed by atoms with Crippen LogP contribution in [0.3, 0.4) is 0 Å². The maximum absolute atomic E-state index is 12.7. The minimum absolute atomic E-state index is 0.169. The Labute approximate surface area is 155 Å². The molecule has 0 aliphatic carbocycles. The van der Waals surface area contributed by atoms with E-state index in [0.717, 1.165) is 5.56 Å². The number of amides is 1. The van der Waals surface area contributed by atoms with Crippen molar-refractivity contribution in [1.29, 1.82) is 0 Å². The van der Waals surface area contributed by atoms with Gasteiger partial charge in [-0.05, 0) is 69.2 Å². The zero-order valence-electron chi connectivity index (χ0n) is 15.6. The summed E-state index contributed by atoms with van der Waals surface area (Å²) in [6.07, 6.45) is 3.97. The van der Waals surface area contributed by atoms with Crippen LogP contribution in [0.4, 0.5) is 0 Å². The van der Waals surface area contributed by atoms with Gasteiger partial charge in [0.25, 0.3) is 5.91 Å². The predicted octanol–water partition coefficient (Wildman–Crippen LogP) is 2.47. The molecule has 1 aromatic heterocycles. The van der Waals surface area contributed by atoms with E-state index in [-0.39, 0.29) is 16.3 Å². The van der Waals surface area contributed by atoms with E-state index in [1.165, 1.54) is 28.6 Å². The Morgan fingerprint density at radius 1 is 1.08 bits per heavy atom. The summed E-state index contributed by atoms with van der Waals surface area (Å²) in [5, 5.41) is 2.85. The van der Waals surface area contributed by atoms with Gasteiger partial charge >= 0.3 is 0 Å². The number of rotatable bonds is 6. The van der Waals surface area contributed by atoms with Gasteiger partial charge in [0.05, 0.1) is 4.90 Å². The van der Waals surface area contributed by atoms with E-state index >= 15 is 0 Å². The molecule has 6 nitrogen and oxygen atoms in total. The molecule has 7 heteroatoms. The second kappa shape index (κ2) is 7.97. The summed E-state index contributed by atoms with van der Waals surface area (Å²) in [5.41, 5.74) is 1.10. The van der Waals surface area contributed by atoms with Gasteiger partial charge in [-0.3, -0.25) is 9.78 Å². The quantitative estimate of drug-likeness (QED) is 0.841. The van der Waals surface area contributed by atoms with Gasteiger partial charge in [0.1, 0.15) is 0 Å². The number of carbonyl (C=O) groups excluding carboxylic acids is 1. The summed E-state index contributed by atoms with van der Waals surface area (Å²) in [6.45, 7) is 6.03. The van der Waals surface area contributed by atoms with E-state index in [2.05, 4.69) is 10.3 Å². The number of sulfonamides is 1. The molecular formula is C19H25N3O3S. The lowest BCUT2D eigenvalue weighted by Crippen LogP contribution is -2.40. The molecule has 140 valence electrons. The third-order valence-electron chi connectivity index (χ3n) is 3.78. The summed E-state index contributed by atoms with van der Waals surface area (Å²) in [6, 6.07) is 9.73. The first kappa shape index (κ1) is 20.1. The van der Waals surface area contributed by atoms with E-state index in [0.29, 0.717) is 18.5 Å². The Bertz CT molecular complexity index is 842. The summed E-state index contributed by atoms with van der Waals surface area (Å²) in [5.74, 6) is -0.229. The van der Waals surface area contributed by atoms with Crippen molar-refractivity contribution in [1.82, 2.24) is 14.6 Å². The van der Waals surface area contributed by atoms with Crippen LogP contribution in [0.1, 0.15) is 36.7 Å². The Morgan fingerprint density at radius 3 is 2.19 bits per heavy atom. The van der Waals surface area contributed by atoms with Gasteiger partial charge in [-0.15, -0.1) is 0 Å². The van der Waals surface area contributed by atoms with Crippen molar-refractivity contribution in [3.8, 4) is 0 Å². The lowest BCUT2D eigenvalue weighted by atomic mass is 10.1. The highest BCUT2D eigenvalue weighted by Gasteiger charge is 2.21. The molecule has 0 radical (unpaired) electrons. The number of nitrogens with zero attached hydrogens (tertiary/aromatic N) is 2. The minimum Gasteiger partial charge on any atom is -0.347 e. The van der Waals surface area contributed by atoms with Crippen LogP contribution in [0, 0.1) is 0 Å². The average Bonchev–Trinajstić information content (AvgIpc) is 2.59. The van der Waals surface area contributed by atoms with Gasteiger partial charge in [0.2, 0.25) is 10.0 Å². The van der Waals surface area contributed by atoms with Gasteiger partial charge in [0, 0.05) is 37.1 Å². The number of nitrogens with one attached hydrogen (secondary N) is 1. The fourth-order valence-corrected chi connectivity index (χ4v) is 3.50. The number of pyridine rings is 1. The molecule has 0 saturated heterocycles.